The van der Waals surface area contributed by atoms with Crippen LogP contribution in [-0.2, 0) is 4.74 Å². The van der Waals surface area contributed by atoms with E-state index in [-0.39, 0.29) is 5.97 Å². The molecule has 1 aromatic heterocycles. The maximum atomic E-state index is 12.6. The SMILES string of the molecule is C=C(c1ccc2ccccc2c1)c1cc(C(=O)OCC)sc1C(=C)c1ccc2ccccc2c1. The van der Waals surface area contributed by atoms with Crippen molar-refractivity contribution < 1.29 is 9.53 Å². The molecule has 0 radical (unpaired) electrons. The molecule has 2 nitrogen and oxygen atoms in total. The molecule has 0 atom stereocenters. The van der Waals surface area contributed by atoms with Crippen LogP contribution in [0.5, 0.6) is 0 Å². The van der Waals surface area contributed by atoms with Gasteiger partial charge in [-0.1, -0.05) is 86.0 Å². The molecule has 0 amide bonds. The summed E-state index contributed by atoms with van der Waals surface area (Å²) >= 11 is 1.41. The Hall–Kier alpha value is -3.95. The second-order valence-corrected chi connectivity index (χ2v) is 9.21. The number of esters is 1. The lowest BCUT2D eigenvalue weighted by molar-refractivity contribution is 0.0532. The van der Waals surface area contributed by atoms with Crippen molar-refractivity contribution in [2.45, 2.75) is 6.92 Å². The van der Waals surface area contributed by atoms with Crippen LogP contribution in [0.2, 0.25) is 0 Å². The van der Waals surface area contributed by atoms with Crippen molar-refractivity contribution in [3.8, 4) is 0 Å². The zero-order valence-electron chi connectivity index (χ0n) is 19.0. The molecule has 1 heterocycles. The molecule has 166 valence electrons. The molecule has 3 heteroatoms. The molecule has 5 rings (SSSR count). The first-order valence-electron chi connectivity index (χ1n) is 11.2. The fraction of sp³-hybridized carbons (Fsp3) is 0.0645. The highest BCUT2D eigenvalue weighted by atomic mass is 32.1. The maximum Gasteiger partial charge on any atom is 0.348 e. The lowest BCUT2D eigenvalue weighted by atomic mass is 9.93. The Kier molecular flexibility index (Phi) is 5.87. The van der Waals surface area contributed by atoms with Crippen LogP contribution < -0.4 is 0 Å². The molecule has 5 aromatic rings. The number of ether oxygens (including phenoxy) is 1. The number of benzene rings is 4. The maximum absolute atomic E-state index is 12.6. The molecule has 0 fully saturated rings. The molecular weight excluding hydrogens is 436 g/mol. The van der Waals surface area contributed by atoms with Crippen LogP contribution >= 0.6 is 11.3 Å². The lowest BCUT2D eigenvalue weighted by Gasteiger charge is -2.12. The molecule has 4 aromatic carbocycles. The molecule has 0 N–H and O–H groups in total. The van der Waals surface area contributed by atoms with Crippen LogP contribution in [0.4, 0.5) is 0 Å². The minimum absolute atomic E-state index is 0.322. The van der Waals surface area contributed by atoms with Crippen molar-refractivity contribution in [1.82, 2.24) is 0 Å². The van der Waals surface area contributed by atoms with E-state index in [1.165, 1.54) is 22.1 Å². The number of rotatable bonds is 6. The summed E-state index contributed by atoms with van der Waals surface area (Å²) in [6, 6.07) is 31.1. The monoisotopic (exact) mass is 460 g/mol. The molecule has 0 saturated heterocycles. The van der Waals surface area contributed by atoms with Gasteiger partial charge in [0.15, 0.2) is 0 Å². The fourth-order valence-electron chi connectivity index (χ4n) is 4.18. The van der Waals surface area contributed by atoms with Crippen molar-refractivity contribution in [2.75, 3.05) is 6.61 Å². The Balaban J connectivity index is 1.60. The zero-order chi connectivity index (χ0) is 23.7. The van der Waals surface area contributed by atoms with E-state index in [1.807, 2.05) is 37.3 Å². The topological polar surface area (TPSA) is 26.3 Å². The summed E-state index contributed by atoms with van der Waals surface area (Å²) in [4.78, 5) is 14.1. The molecular formula is C31H24O2S. The highest BCUT2D eigenvalue weighted by Crippen LogP contribution is 2.39. The number of hydrogen-bond donors (Lipinski definition) is 0. The third-order valence-electron chi connectivity index (χ3n) is 6.00. The van der Waals surface area contributed by atoms with E-state index in [9.17, 15) is 4.79 Å². The summed E-state index contributed by atoms with van der Waals surface area (Å²) in [6.45, 7) is 11.0. The van der Waals surface area contributed by atoms with Gasteiger partial charge in [-0.15, -0.1) is 11.3 Å². The molecule has 0 aliphatic rings. The van der Waals surface area contributed by atoms with Crippen molar-refractivity contribution >= 4 is 50.0 Å². The van der Waals surface area contributed by atoms with Gasteiger partial charge in [-0.2, -0.15) is 0 Å². The molecule has 0 bridgehead atoms. The normalized spacial score (nSPS) is 11.0. The van der Waals surface area contributed by atoms with Gasteiger partial charge in [0.2, 0.25) is 0 Å². The molecule has 34 heavy (non-hydrogen) atoms. The predicted octanol–water partition coefficient (Wildman–Crippen LogP) is 8.35. The Morgan fingerprint density at radius 1 is 0.735 bits per heavy atom. The van der Waals surface area contributed by atoms with Crippen LogP contribution in [0.25, 0.3) is 32.7 Å². The fourth-order valence-corrected chi connectivity index (χ4v) is 5.25. The second-order valence-electron chi connectivity index (χ2n) is 8.15. The molecule has 0 spiro atoms. The van der Waals surface area contributed by atoms with Crippen LogP contribution in [0.1, 0.15) is 38.2 Å². The largest absolute Gasteiger partial charge is 0.462 e. The van der Waals surface area contributed by atoms with E-state index in [0.29, 0.717) is 11.5 Å². The number of carbonyl (C=O) groups excluding carboxylic acids is 1. The zero-order valence-corrected chi connectivity index (χ0v) is 19.8. The second kappa shape index (κ2) is 9.12. The van der Waals surface area contributed by atoms with Crippen LogP contribution in [0.3, 0.4) is 0 Å². The smallest absolute Gasteiger partial charge is 0.348 e. The third kappa shape index (κ3) is 4.07. The first-order valence-corrected chi connectivity index (χ1v) is 12.0. The lowest BCUT2D eigenvalue weighted by Crippen LogP contribution is -2.01. The predicted molar refractivity (Wildman–Crippen MR) is 144 cm³/mol. The van der Waals surface area contributed by atoms with Crippen molar-refractivity contribution in [3.05, 3.63) is 131 Å². The minimum Gasteiger partial charge on any atom is -0.462 e. The van der Waals surface area contributed by atoms with Gasteiger partial charge in [-0.05, 0) is 68.9 Å². The van der Waals surface area contributed by atoms with Gasteiger partial charge < -0.3 is 4.74 Å². The Bertz CT molecular complexity index is 1460. The average Bonchev–Trinajstić information content (AvgIpc) is 3.33. The van der Waals surface area contributed by atoms with Gasteiger partial charge in [0.1, 0.15) is 4.88 Å². The number of thiophene rings is 1. The first-order chi connectivity index (χ1) is 16.5. The van der Waals surface area contributed by atoms with Gasteiger partial charge in [0.05, 0.1) is 6.61 Å². The summed E-state index contributed by atoms with van der Waals surface area (Å²) in [5, 5.41) is 4.66. The standard InChI is InChI=1S/C31H24O2S/c1-4-33-31(32)29-19-28(20(2)24-15-13-22-9-5-7-11-26(22)17-24)30(34-29)21(3)25-16-14-23-10-6-8-12-27(23)18-25/h5-19H,2-4H2,1H3. The molecule has 0 saturated carbocycles. The minimum atomic E-state index is -0.322. The van der Waals surface area contributed by atoms with Crippen LogP contribution in [0.15, 0.2) is 104 Å². The average molecular weight is 461 g/mol. The van der Waals surface area contributed by atoms with Crippen LogP contribution in [-0.4, -0.2) is 12.6 Å². The van der Waals surface area contributed by atoms with E-state index < -0.39 is 0 Å². The van der Waals surface area contributed by atoms with E-state index in [1.54, 1.807) is 0 Å². The molecule has 0 unspecified atom stereocenters. The van der Waals surface area contributed by atoms with Crippen molar-refractivity contribution in [1.29, 1.82) is 0 Å². The number of carbonyl (C=O) groups is 1. The van der Waals surface area contributed by atoms with Crippen LogP contribution in [0, 0.1) is 0 Å². The van der Waals surface area contributed by atoms with Crippen molar-refractivity contribution in [2.24, 2.45) is 0 Å². The van der Waals surface area contributed by atoms with Crippen molar-refractivity contribution in [3.63, 3.8) is 0 Å². The highest BCUT2D eigenvalue weighted by molar-refractivity contribution is 7.15. The van der Waals surface area contributed by atoms with Gasteiger partial charge in [0.25, 0.3) is 0 Å². The summed E-state index contributed by atoms with van der Waals surface area (Å²) in [5.41, 5.74) is 4.65. The quantitative estimate of drug-likeness (QED) is 0.238. The van der Waals surface area contributed by atoms with Gasteiger partial charge in [0, 0.05) is 10.4 Å². The van der Waals surface area contributed by atoms with E-state index >= 15 is 0 Å². The first kappa shape index (κ1) is 21.9. The number of hydrogen-bond acceptors (Lipinski definition) is 3. The Morgan fingerprint density at radius 3 is 1.82 bits per heavy atom. The number of fused-ring (bicyclic) bond motifs is 2. The Labute approximate surface area is 203 Å². The molecule has 0 aliphatic carbocycles. The van der Waals surface area contributed by atoms with Gasteiger partial charge >= 0.3 is 5.97 Å². The third-order valence-corrected chi connectivity index (χ3v) is 7.18. The highest BCUT2D eigenvalue weighted by Gasteiger charge is 2.21. The van der Waals surface area contributed by atoms with E-state index in [4.69, 9.17) is 4.74 Å². The molecule has 0 aliphatic heterocycles. The Morgan fingerprint density at radius 2 is 1.26 bits per heavy atom. The van der Waals surface area contributed by atoms with Gasteiger partial charge in [-0.3, -0.25) is 0 Å². The summed E-state index contributed by atoms with van der Waals surface area (Å²) in [7, 11) is 0. The summed E-state index contributed by atoms with van der Waals surface area (Å²) in [6.07, 6.45) is 0. The van der Waals surface area contributed by atoms with E-state index in [2.05, 4.69) is 73.8 Å². The summed E-state index contributed by atoms with van der Waals surface area (Å²) in [5.74, 6) is -0.322. The van der Waals surface area contributed by atoms with Gasteiger partial charge in [-0.25, -0.2) is 4.79 Å². The summed E-state index contributed by atoms with van der Waals surface area (Å²) < 4.78 is 5.29. The van der Waals surface area contributed by atoms with E-state index in [0.717, 1.165) is 43.5 Å².